The fraction of sp³-hybridized carbons (Fsp3) is 0.217. The number of hydrogen-bond acceptors (Lipinski definition) is 3. The molecule has 0 amide bonds. The van der Waals surface area contributed by atoms with E-state index in [2.05, 4.69) is 4.98 Å². The van der Waals surface area contributed by atoms with Gasteiger partial charge in [0.1, 0.15) is 11.0 Å². The first-order valence-corrected chi connectivity index (χ1v) is 10.8. The second-order valence-corrected chi connectivity index (χ2v) is 7.59. The van der Waals surface area contributed by atoms with Crippen LogP contribution in [0.4, 0.5) is 25.8 Å². The lowest BCUT2D eigenvalue weighted by Crippen LogP contribution is -2.13. The van der Waals surface area contributed by atoms with Crippen LogP contribution in [0, 0.1) is 18.6 Å². The van der Waals surface area contributed by atoms with Gasteiger partial charge in [-0.15, -0.1) is 3.89 Å². The number of ketones is 1. The van der Waals surface area contributed by atoms with Crippen molar-refractivity contribution in [3.63, 3.8) is 0 Å². The number of halogens is 6. The lowest BCUT2D eigenvalue weighted by molar-refractivity contribution is -0.137. The minimum atomic E-state index is -4.74. The van der Waals surface area contributed by atoms with Gasteiger partial charge >= 0.3 is 6.18 Å². The van der Waals surface area contributed by atoms with E-state index in [4.69, 9.17) is 0 Å². The number of benzene rings is 2. The van der Waals surface area contributed by atoms with E-state index in [1.807, 2.05) is 13.8 Å². The maximum Gasteiger partial charge on any atom is 0.417 e. The summed E-state index contributed by atoms with van der Waals surface area (Å²) in [7, 11) is 1.45. The number of carbonyl (C=O) groups excluding carboxylic acids is 1. The summed E-state index contributed by atoms with van der Waals surface area (Å²) in [4.78, 5) is 16.8. The highest BCUT2D eigenvalue weighted by Crippen LogP contribution is 2.36. The van der Waals surface area contributed by atoms with Crippen LogP contribution in [-0.4, -0.2) is 19.3 Å². The number of nitrogens with zero attached hydrogens (tertiary/aromatic N) is 3. The summed E-state index contributed by atoms with van der Waals surface area (Å²) in [5.41, 5.74) is -2.58. The summed E-state index contributed by atoms with van der Waals surface area (Å²) < 4.78 is 84.7. The van der Waals surface area contributed by atoms with Gasteiger partial charge in [-0.3, -0.25) is 4.79 Å². The van der Waals surface area contributed by atoms with Gasteiger partial charge in [-0.05, 0) is 30.7 Å². The van der Waals surface area contributed by atoms with Gasteiger partial charge in [0.25, 0.3) is 0 Å². The van der Waals surface area contributed by atoms with Crippen molar-refractivity contribution in [2.45, 2.75) is 26.9 Å². The molecule has 0 spiro atoms. The molecule has 0 aliphatic carbocycles. The summed E-state index contributed by atoms with van der Waals surface area (Å²) in [6, 6.07) is 6.45. The molecule has 0 aliphatic heterocycles. The van der Waals surface area contributed by atoms with Crippen LogP contribution in [0.2, 0.25) is 0 Å². The third-order valence-corrected chi connectivity index (χ3v) is 5.50. The molecular weight excluding hydrogens is 480 g/mol. The average molecular weight is 499 g/mol. The Morgan fingerprint density at radius 1 is 1.09 bits per heavy atom. The molecule has 0 atom stereocenters. The maximum atomic E-state index is 14.6. The first kappa shape index (κ1) is 25.4. The van der Waals surface area contributed by atoms with E-state index in [0.717, 1.165) is 22.2 Å². The number of aryl methyl sites for hydroxylation is 2. The molecular formula is C23H19F6N3OS. The molecule has 0 saturated carbocycles. The SMILES string of the molecule is CC.Cc1cc(F)c2nc(-c3cc(C(=O)c4ccccc4C(F)(F)F)cn3C)n(SF)c2c1F. The Kier molecular flexibility index (Phi) is 7.15. The first-order valence-electron chi connectivity index (χ1n) is 10.1. The van der Waals surface area contributed by atoms with E-state index in [1.54, 1.807) is 0 Å². The van der Waals surface area contributed by atoms with Gasteiger partial charge in [-0.25, -0.2) is 17.7 Å². The molecule has 4 nitrogen and oxygen atoms in total. The van der Waals surface area contributed by atoms with Crippen molar-refractivity contribution in [2.75, 3.05) is 0 Å². The smallest absolute Gasteiger partial charge is 0.347 e. The largest absolute Gasteiger partial charge is 0.417 e. The predicted molar refractivity (Wildman–Crippen MR) is 119 cm³/mol. The van der Waals surface area contributed by atoms with Crippen molar-refractivity contribution in [1.29, 1.82) is 0 Å². The molecule has 4 aromatic rings. The predicted octanol–water partition coefficient (Wildman–Crippen LogP) is 7.29. The van der Waals surface area contributed by atoms with Crippen LogP contribution in [-0.2, 0) is 13.2 Å². The molecule has 4 rings (SSSR count). The van der Waals surface area contributed by atoms with Crippen molar-refractivity contribution in [1.82, 2.24) is 13.5 Å². The van der Waals surface area contributed by atoms with Crippen LogP contribution in [0.3, 0.4) is 0 Å². The van der Waals surface area contributed by atoms with Crippen LogP contribution in [0.1, 0.15) is 40.9 Å². The Bertz CT molecular complexity index is 1370. The lowest BCUT2D eigenvalue weighted by atomic mass is 9.99. The molecule has 0 fully saturated rings. The molecule has 0 unspecified atom stereocenters. The topological polar surface area (TPSA) is 39.8 Å². The standard InChI is InChI=1S/C21H13F6N3OS.C2H6/c1-10-7-14(22)17-18(16(10)23)30(32-27)20(28-17)15-8-11(9-29(15)2)19(31)12-5-3-4-6-13(12)21(24,25)26;1-2/h3-9H,1-2H3;1-2H3. The molecule has 0 bridgehead atoms. The molecule has 0 N–H and O–H groups in total. The fourth-order valence-electron chi connectivity index (χ4n) is 3.50. The van der Waals surface area contributed by atoms with Gasteiger partial charge in [-0.1, -0.05) is 32.0 Å². The number of carbonyl (C=O) groups is 1. The summed E-state index contributed by atoms with van der Waals surface area (Å²) in [5.74, 6) is -2.85. The molecule has 180 valence electrons. The van der Waals surface area contributed by atoms with Gasteiger partial charge in [0.15, 0.2) is 35.6 Å². The zero-order chi connectivity index (χ0) is 25.4. The summed E-state index contributed by atoms with van der Waals surface area (Å²) in [6.45, 7) is 5.31. The normalized spacial score (nSPS) is 11.5. The number of aromatic nitrogens is 3. The van der Waals surface area contributed by atoms with Gasteiger partial charge in [-0.2, -0.15) is 13.2 Å². The quantitative estimate of drug-likeness (QED) is 0.219. The van der Waals surface area contributed by atoms with E-state index < -0.39 is 58.1 Å². The average Bonchev–Trinajstić information content (AvgIpc) is 3.38. The second kappa shape index (κ2) is 9.57. The monoisotopic (exact) mass is 499 g/mol. The Morgan fingerprint density at radius 2 is 1.74 bits per heavy atom. The molecule has 2 aromatic carbocycles. The Morgan fingerprint density at radius 3 is 2.35 bits per heavy atom. The molecule has 11 heteroatoms. The van der Waals surface area contributed by atoms with Crippen LogP contribution < -0.4 is 0 Å². The van der Waals surface area contributed by atoms with Crippen molar-refractivity contribution in [3.05, 3.63) is 76.5 Å². The van der Waals surface area contributed by atoms with Crippen molar-refractivity contribution >= 4 is 29.2 Å². The highest BCUT2D eigenvalue weighted by atomic mass is 32.2. The number of alkyl halides is 3. The molecule has 34 heavy (non-hydrogen) atoms. The van der Waals surface area contributed by atoms with Gasteiger partial charge < -0.3 is 4.57 Å². The molecule has 0 radical (unpaired) electrons. The Labute approximate surface area is 195 Å². The van der Waals surface area contributed by atoms with Crippen LogP contribution >= 0.6 is 12.3 Å². The Hall–Kier alpha value is -3.21. The molecule has 0 aliphatic rings. The van der Waals surface area contributed by atoms with Gasteiger partial charge in [0, 0.05) is 24.4 Å². The summed E-state index contributed by atoms with van der Waals surface area (Å²) in [5, 5.41) is 0. The highest BCUT2D eigenvalue weighted by Gasteiger charge is 2.35. The number of rotatable bonds is 4. The second-order valence-electron chi connectivity index (χ2n) is 7.08. The summed E-state index contributed by atoms with van der Waals surface area (Å²) >= 11 is -0.413. The molecule has 2 aromatic heterocycles. The fourth-order valence-corrected chi connectivity index (χ4v) is 3.93. The number of hydrogen-bond donors (Lipinski definition) is 0. The first-order chi connectivity index (χ1) is 16.0. The van der Waals surface area contributed by atoms with E-state index in [1.165, 1.54) is 42.9 Å². The van der Waals surface area contributed by atoms with E-state index in [0.29, 0.717) is 0 Å². The van der Waals surface area contributed by atoms with E-state index in [-0.39, 0.29) is 22.6 Å². The van der Waals surface area contributed by atoms with Crippen molar-refractivity contribution in [2.24, 2.45) is 7.05 Å². The minimum absolute atomic E-state index is 0.0525. The number of imidazole rings is 1. The third kappa shape index (κ3) is 4.31. The Balaban J connectivity index is 0.00000158. The van der Waals surface area contributed by atoms with Crippen molar-refractivity contribution in [3.8, 4) is 11.5 Å². The molecule has 0 saturated heterocycles. The maximum absolute atomic E-state index is 14.6. The zero-order valence-corrected chi connectivity index (χ0v) is 19.3. The van der Waals surface area contributed by atoms with Crippen molar-refractivity contribution < 1.29 is 30.6 Å². The highest BCUT2D eigenvalue weighted by molar-refractivity contribution is 7.93. The lowest BCUT2D eigenvalue weighted by Gasteiger charge is -2.10. The summed E-state index contributed by atoms with van der Waals surface area (Å²) in [6.07, 6.45) is -3.50. The van der Waals surface area contributed by atoms with E-state index in [9.17, 15) is 30.6 Å². The third-order valence-electron chi connectivity index (χ3n) is 5.00. The van der Waals surface area contributed by atoms with Gasteiger partial charge in [0.05, 0.1) is 11.3 Å². The van der Waals surface area contributed by atoms with Gasteiger partial charge in [0.2, 0.25) is 0 Å². The van der Waals surface area contributed by atoms with E-state index >= 15 is 0 Å². The zero-order valence-electron chi connectivity index (χ0n) is 18.5. The number of fused-ring (bicyclic) bond motifs is 1. The van der Waals surface area contributed by atoms with Crippen LogP contribution in [0.15, 0.2) is 42.6 Å². The van der Waals surface area contributed by atoms with Crippen LogP contribution in [0.25, 0.3) is 22.6 Å². The van der Waals surface area contributed by atoms with Crippen LogP contribution in [0.5, 0.6) is 0 Å². The minimum Gasteiger partial charge on any atom is -0.347 e. The molecule has 2 heterocycles.